The van der Waals surface area contributed by atoms with E-state index < -0.39 is 0 Å². The van der Waals surface area contributed by atoms with Crippen LogP contribution in [0.1, 0.15) is 24.0 Å². The second-order valence-electron chi connectivity index (χ2n) is 8.11. The van der Waals surface area contributed by atoms with Gasteiger partial charge in [-0.3, -0.25) is 14.5 Å². The van der Waals surface area contributed by atoms with Gasteiger partial charge in [-0.25, -0.2) is 0 Å². The molecule has 5 rings (SSSR count). The molecule has 2 aromatic carbocycles. The normalized spacial score (nSPS) is 20.7. The van der Waals surface area contributed by atoms with Gasteiger partial charge in [-0.15, -0.1) is 0 Å². The summed E-state index contributed by atoms with van der Waals surface area (Å²) in [5.74, 6) is 0.795. The van der Waals surface area contributed by atoms with Crippen LogP contribution in [-0.4, -0.2) is 53.2 Å². The van der Waals surface area contributed by atoms with Gasteiger partial charge in [0.05, 0.1) is 12.1 Å². The Balaban J connectivity index is 1.49. The van der Waals surface area contributed by atoms with Crippen molar-refractivity contribution in [1.29, 1.82) is 0 Å². The fourth-order valence-electron chi connectivity index (χ4n) is 4.50. The van der Waals surface area contributed by atoms with Crippen LogP contribution in [0.4, 0.5) is 0 Å². The number of carbonyl (C=O) groups is 2. The average molecular weight is 420 g/mol. The molecule has 0 radical (unpaired) electrons. The summed E-state index contributed by atoms with van der Waals surface area (Å²) in [5, 5.41) is 9.65. The van der Waals surface area contributed by atoms with Crippen LogP contribution in [0.25, 0.3) is 5.57 Å². The summed E-state index contributed by atoms with van der Waals surface area (Å²) in [6.07, 6.45) is 1.80. The van der Waals surface area contributed by atoms with Crippen molar-refractivity contribution in [3.05, 3.63) is 65.4 Å². The van der Waals surface area contributed by atoms with E-state index in [1.807, 2.05) is 47.4 Å². The molecule has 0 aromatic heterocycles. The third-order valence-electron chi connectivity index (χ3n) is 6.08. The smallest absolute Gasteiger partial charge is 0.278 e. The highest BCUT2D eigenvalue weighted by molar-refractivity contribution is 6.35. The third kappa shape index (κ3) is 3.55. The molecule has 7 heteroatoms. The summed E-state index contributed by atoms with van der Waals surface area (Å²) in [7, 11) is 0. The number of aliphatic hydroxyl groups excluding tert-OH is 1. The van der Waals surface area contributed by atoms with Crippen molar-refractivity contribution >= 4 is 17.4 Å². The van der Waals surface area contributed by atoms with Gasteiger partial charge in [0.15, 0.2) is 11.5 Å². The molecule has 2 aromatic rings. The molecule has 0 bridgehead atoms. The number of likely N-dealkylation sites (tertiary alicyclic amines) is 1. The molecule has 2 amide bonds. The first-order valence-electron chi connectivity index (χ1n) is 10.6. The molecule has 1 N–H and O–H groups in total. The van der Waals surface area contributed by atoms with E-state index in [4.69, 9.17) is 9.47 Å². The second kappa shape index (κ2) is 8.07. The predicted molar refractivity (Wildman–Crippen MR) is 113 cm³/mol. The fraction of sp³-hybridized carbons (Fsp3) is 0.333. The number of nitrogens with zero attached hydrogens (tertiary/aromatic N) is 2. The Morgan fingerprint density at radius 2 is 1.81 bits per heavy atom. The van der Waals surface area contributed by atoms with Crippen LogP contribution in [0.15, 0.2) is 54.2 Å². The number of hydrogen-bond acceptors (Lipinski definition) is 6. The van der Waals surface area contributed by atoms with Crippen LogP contribution < -0.4 is 9.47 Å². The average Bonchev–Trinajstić information content (AvgIpc) is 3.37. The largest absolute Gasteiger partial charge is 0.454 e. The summed E-state index contributed by atoms with van der Waals surface area (Å²) >= 11 is 0. The van der Waals surface area contributed by atoms with E-state index in [1.165, 1.54) is 4.90 Å². The molecule has 0 aliphatic carbocycles. The maximum absolute atomic E-state index is 13.5. The molecule has 1 atom stereocenters. The number of ether oxygens (including phenoxy) is 2. The lowest BCUT2D eigenvalue weighted by molar-refractivity contribution is -0.138. The van der Waals surface area contributed by atoms with Crippen molar-refractivity contribution in [2.75, 3.05) is 26.5 Å². The summed E-state index contributed by atoms with van der Waals surface area (Å²) in [6.45, 7) is 1.67. The van der Waals surface area contributed by atoms with Gasteiger partial charge in [0.25, 0.3) is 11.8 Å². The van der Waals surface area contributed by atoms with Gasteiger partial charge in [0.1, 0.15) is 5.70 Å². The van der Waals surface area contributed by atoms with Gasteiger partial charge in [-0.1, -0.05) is 36.4 Å². The van der Waals surface area contributed by atoms with E-state index in [0.29, 0.717) is 35.9 Å². The van der Waals surface area contributed by atoms with E-state index in [0.717, 1.165) is 24.0 Å². The van der Waals surface area contributed by atoms with Gasteiger partial charge in [-0.05, 0) is 42.0 Å². The first-order valence-corrected chi connectivity index (χ1v) is 10.6. The van der Waals surface area contributed by atoms with Crippen molar-refractivity contribution in [3.8, 4) is 11.5 Å². The van der Waals surface area contributed by atoms with E-state index in [1.54, 1.807) is 6.07 Å². The van der Waals surface area contributed by atoms with Crippen molar-refractivity contribution in [3.63, 3.8) is 0 Å². The molecular formula is C24H24N2O5. The first kappa shape index (κ1) is 19.6. The van der Waals surface area contributed by atoms with E-state index >= 15 is 0 Å². The van der Waals surface area contributed by atoms with E-state index in [-0.39, 0.29) is 37.7 Å². The Morgan fingerprint density at radius 3 is 2.61 bits per heavy atom. The Labute approximate surface area is 180 Å². The zero-order valence-corrected chi connectivity index (χ0v) is 17.1. The summed E-state index contributed by atoms with van der Waals surface area (Å²) < 4.78 is 10.8. The lowest BCUT2D eigenvalue weighted by atomic mass is 9.97. The topological polar surface area (TPSA) is 79.3 Å². The van der Waals surface area contributed by atoms with Gasteiger partial charge < -0.3 is 19.5 Å². The van der Waals surface area contributed by atoms with Crippen molar-refractivity contribution in [1.82, 2.24) is 9.80 Å². The minimum absolute atomic E-state index is 0.0769. The molecule has 31 heavy (non-hydrogen) atoms. The van der Waals surface area contributed by atoms with Crippen LogP contribution in [0.3, 0.4) is 0 Å². The van der Waals surface area contributed by atoms with Gasteiger partial charge in [0.2, 0.25) is 6.79 Å². The second-order valence-corrected chi connectivity index (χ2v) is 8.11. The summed E-state index contributed by atoms with van der Waals surface area (Å²) in [4.78, 5) is 30.3. The Kier molecular flexibility index (Phi) is 5.11. The number of hydrogen-bond donors (Lipinski definition) is 1. The van der Waals surface area contributed by atoms with Crippen molar-refractivity contribution in [2.45, 2.75) is 19.4 Å². The van der Waals surface area contributed by atoms with E-state index in [2.05, 4.69) is 0 Å². The van der Waals surface area contributed by atoms with Crippen LogP contribution in [0.2, 0.25) is 0 Å². The standard InChI is InChI=1S/C24H24N2O5/c27-14-17-5-4-10-25(12-17)22-21(18-6-2-1-3-7-18)23(28)26(24(22)29)13-16-8-9-19-20(11-16)31-15-30-19/h1-3,6-9,11,17,27H,4-5,10,12-15H2. The summed E-state index contributed by atoms with van der Waals surface area (Å²) in [6, 6.07) is 14.8. The molecule has 160 valence electrons. The Bertz CT molecular complexity index is 1050. The number of imide groups is 1. The maximum atomic E-state index is 13.5. The number of rotatable bonds is 5. The summed E-state index contributed by atoms with van der Waals surface area (Å²) in [5.41, 5.74) is 2.40. The van der Waals surface area contributed by atoms with Crippen LogP contribution in [-0.2, 0) is 16.1 Å². The molecule has 7 nitrogen and oxygen atoms in total. The SMILES string of the molecule is O=C1C(c2ccccc2)=C(N2CCCC(CO)C2)C(=O)N1Cc1ccc2c(c1)OCO2. The number of fused-ring (bicyclic) bond motifs is 1. The van der Waals surface area contributed by atoms with Gasteiger partial charge in [-0.2, -0.15) is 0 Å². The highest BCUT2D eigenvalue weighted by Gasteiger charge is 2.42. The Hall–Kier alpha value is -3.32. The van der Waals surface area contributed by atoms with Gasteiger partial charge >= 0.3 is 0 Å². The molecule has 0 spiro atoms. The molecule has 1 saturated heterocycles. The number of piperidine rings is 1. The zero-order chi connectivity index (χ0) is 21.4. The van der Waals surface area contributed by atoms with Crippen LogP contribution in [0, 0.1) is 5.92 Å². The van der Waals surface area contributed by atoms with Gasteiger partial charge in [0, 0.05) is 19.7 Å². The lowest BCUT2D eigenvalue weighted by Crippen LogP contribution is -2.40. The third-order valence-corrected chi connectivity index (χ3v) is 6.08. The maximum Gasteiger partial charge on any atom is 0.278 e. The van der Waals surface area contributed by atoms with Crippen molar-refractivity contribution < 1.29 is 24.2 Å². The molecule has 1 fully saturated rings. The predicted octanol–water partition coefficient (Wildman–Crippen LogP) is 2.40. The highest BCUT2D eigenvalue weighted by Crippen LogP contribution is 2.36. The zero-order valence-electron chi connectivity index (χ0n) is 17.1. The quantitative estimate of drug-likeness (QED) is 0.749. The number of aliphatic hydroxyl groups is 1. The molecular weight excluding hydrogens is 396 g/mol. The number of benzene rings is 2. The fourth-order valence-corrected chi connectivity index (χ4v) is 4.50. The first-order chi connectivity index (χ1) is 15.2. The molecule has 3 heterocycles. The number of carbonyl (C=O) groups excluding carboxylic acids is 2. The number of amides is 2. The van der Waals surface area contributed by atoms with Crippen LogP contribution in [0.5, 0.6) is 11.5 Å². The molecule has 3 aliphatic rings. The highest BCUT2D eigenvalue weighted by atomic mass is 16.7. The van der Waals surface area contributed by atoms with Crippen LogP contribution >= 0.6 is 0 Å². The Morgan fingerprint density at radius 1 is 1.00 bits per heavy atom. The molecule has 0 saturated carbocycles. The van der Waals surface area contributed by atoms with E-state index in [9.17, 15) is 14.7 Å². The molecule has 3 aliphatic heterocycles. The molecule has 1 unspecified atom stereocenters. The van der Waals surface area contributed by atoms with Crippen molar-refractivity contribution in [2.24, 2.45) is 5.92 Å². The minimum Gasteiger partial charge on any atom is -0.454 e. The minimum atomic E-state index is -0.296. The monoisotopic (exact) mass is 420 g/mol. The lowest BCUT2D eigenvalue weighted by Gasteiger charge is -2.34.